The van der Waals surface area contributed by atoms with Crippen molar-refractivity contribution >= 4 is 5.78 Å². The van der Waals surface area contributed by atoms with Crippen LogP contribution in [0.25, 0.3) is 0 Å². The Bertz CT molecular complexity index is 473. The summed E-state index contributed by atoms with van der Waals surface area (Å²) in [6, 6.07) is 3.33. The van der Waals surface area contributed by atoms with Gasteiger partial charge in [-0.2, -0.15) is 0 Å². The van der Waals surface area contributed by atoms with Crippen LogP contribution in [0.15, 0.2) is 24.8 Å². The van der Waals surface area contributed by atoms with Crippen LogP contribution in [0.4, 0.5) is 0 Å². The summed E-state index contributed by atoms with van der Waals surface area (Å²) in [5, 5.41) is 19.2. The number of phenols is 1. The van der Waals surface area contributed by atoms with Crippen LogP contribution in [0.1, 0.15) is 41.8 Å². The molecule has 2 N–H and O–H groups in total. The van der Waals surface area contributed by atoms with Gasteiger partial charge < -0.3 is 10.2 Å². The Hall–Kier alpha value is -1.61. The van der Waals surface area contributed by atoms with Gasteiger partial charge in [0.1, 0.15) is 5.75 Å². The average molecular weight is 248 g/mol. The van der Waals surface area contributed by atoms with Crippen molar-refractivity contribution in [3.8, 4) is 5.75 Å². The van der Waals surface area contributed by atoms with Gasteiger partial charge in [-0.25, -0.2) is 0 Å². The summed E-state index contributed by atoms with van der Waals surface area (Å²) < 4.78 is 0. The van der Waals surface area contributed by atoms with Gasteiger partial charge in [-0.1, -0.05) is 26.0 Å². The summed E-state index contributed by atoms with van der Waals surface area (Å²) in [5.41, 5.74) is 0.882. The molecule has 0 heterocycles. The molecule has 0 saturated heterocycles. The van der Waals surface area contributed by atoms with Gasteiger partial charge in [0, 0.05) is 11.0 Å². The number of aliphatic hydroxyl groups excluding tert-OH is 1. The van der Waals surface area contributed by atoms with E-state index < -0.39 is 5.41 Å². The standard InChI is InChI=1S/C15H20O3/c1-5-6-15(3,4)14(18)12-8-10(2)7-11(9-16)13(12)17/h5,7-8,16-17H,1,6,9H2,2-4H3. The lowest BCUT2D eigenvalue weighted by Gasteiger charge is -2.22. The van der Waals surface area contributed by atoms with Crippen LogP contribution in [-0.4, -0.2) is 16.0 Å². The minimum Gasteiger partial charge on any atom is -0.507 e. The van der Waals surface area contributed by atoms with E-state index in [9.17, 15) is 9.90 Å². The van der Waals surface area contributed by atoms with E-state index in [2.05, 4.69) is 6.58 Å². The Morgan fingerprint density at radius 1 is 1.44 bits per heavy atom. The lowest BCUT2D eigenvalue weighted by molar-refractivity contribution is 0.0837. The van der Waals surface area contributed by atoms with Crippen LogP contribution in [0.2, 0.25) is 0 Å². The maximum atomic E-state index is 12.4. The second-order valence-corrected chi connectivity index (χ2v) is 5.18. The number of hydrogen-bond donors (Lipinski definition) is 2. The van der Waals surface area contributed by atoms with Gasteiger partial charge in [-0.05, 0) is 25.0 Å². The Labute approximate surface area is 108 Å². The van der Waals surface area contributed by atoms with Crippen LogP contribution in [-0.2, 0) is 6.61 Å². The van der Waals surface area contributed by atoms with Gasteiger partial charge in [0.15, 0.2) is 5.78 Å². The second kappa shape index (κ2) is 5.36. The Balaban J connectivity index is 3.29. The first-order valence-corrected chi connectivity index (χ1v) is 5.92. The summed E-state index contributed by atoms with van der Waals surface area (Å²) in [7, 11) is 0. The molecule has 0 saturated carbocycles. The van der Waals surface area contributed by atoms with E-state index >= 15 is 0 Å². The Kier molecular flexibility index (Phi) is 4.30. The highest BCUT2D eigenvalue weighted by atomic mass is 16.3. The number of aliphatic hydroxyl groups is 1. The van der Waals surface area contributed by atoms with Crippen molar-refractivity contribution in [3.63, 3.8) is 0 Å². The first kappa shape index (κ1) is 14.5. The third-order valence-corrected chi connectivity index (χ3v) is 3.02. The predicted octanol–water partition coefficient (Wildman–Crippen LogP) is 2.98. The SMILES string of the molecule is C=CCC(C)(C)C(=O)c1cc(C)cc(CO)c1O. The monoisotopic (exact) mass is 248 g/mol. The summed E-state index contributed by atoms with van der Waals surface area (Å²) in [4.78, 5) is 12.4. The maximum Gasteiger partial charge on any atom is 0.172 e. The molecule has 0 atom stereocenters. The highest BCUT2D eigenvalue weighted by molar-refractivity contribution is 6.02. The van der Waals surface area contributed by atoms with Crippen molar-refractivity contribution in [2.24, 2.45) is 5.41 Å². The third-order valence-electron chi connectivity index (χ3n) is 3.02. The highest BCUT2D eigenvalue weighted by Gasteiger charge is 2.29. The van der Waals surface area contributed by atoms with Gasteiger partial charge in [0.2, 0.25) is 0 Å². The first-order valence-electron chi connectivity index (χ1n) is 5.92. The van der Waals surface area contributed by atoms with E-state index in [4.69, 9.17) is 5.11 Å². The molecule has 18 heavy (non-hydrogen) atoms. The molecule has 98 valence electrons. The van der Waals surface area contributed by atoms with E-state index in [1.807, 2.05) is 20.8 Å². The van der Waals surface area contributed by atoms with Gasteiger partial charge in [0.25, 0.3) is 0 Å². The first-order chi connectivity index (χ1) is 8.33. The van der Waals surface area contributed by atoms with Gasteiger partial charge in [0.05, 0.1) is 12.2 Å². The van der Waals surface area contributed by atoms with E-state index in [-0.39, 0.29) is 23.7 Å². The van der Waals surface area contributed by atoms with Crippen LogP contribution >= 0.6 is 0 Å². The number of ketones is 1. The second-order valence-electron chi connectivity index (χ2n) is 5.18. The molecule has 0 aliphatic rings. The minimum atomic E-state index is -0.611. The topological polar surface area (TPSA) is 57.5 Å². The maximum absolute atomic E-state index is 12.4. The number of allylic oxidation sites excluding steroid dienone is 1. The van der Waals surface area contributed by atoms with Gasteiger partial charge in [-0.3, -0.25) is 4.79 Å². The van der Waals surface area contributed by atoms with E-state index in [1.54, 1.807) is 18.2 Å². The molecule has 0 bridgehead atoms. The number of aromatic hydroxyl groups is 1. The number of benzene rings is 1. The van der Waals surface area contributed by atoms with Crippen molar-refractivity contribution < 1.29 is 15.0 Å². The molecule has 3 nitrogen and oxygen atoms in total. The number of hydrogen-bond acceptors (Lipinski definition) is 3. The zero-order valence-corrected chi connectivity index (χ0v) is 11.2. The molecular weight excluding hydrogens is 228 g/mol. The molecule has 0 aliphatic carbocycles. The van der Waals surface area contributed by atoms with Crippen molar-refractivity contribution in [1.29, 1.82) is 0 Å². The van der Waals surface area contributed by atoms with Gasteiger partial charge >= 0.3 is 0 Å². The summed E-state index contributed by atoms with van der Waals surface area (Å²) in [6.45, 7) is 8.82. The molecule has 0 amide bonds. The number of carbonyl (C=O) groups is 1. The van der Waals surface area contributed by atoms with E-state index in [0.717, 1.165) is 5.56 Å². The zero-order chi connectivity index (χ0) is 13.9. The molecule has 0 aliphatic heterocycles. The van der Waals surface area contributed by atoms with Crippen molar-refractivity contribution in [1.82, 2.24) is 0 Å². The van der Waals surface area contributed by atoms with Gasteiger partial charge in [-0.15, -0.1) is 6.58 Å². The molecule has 1 aromatic rings. The lowest BCUT2D eigenvalue weighted by atomic mass is 9.80. The van der Waals surface area contributed by atoms with Crippen LogP contribution in [0.3, 0.4) is 0 Å². The summed E-state index contributed by atoms with van der Waals surface area (Å²) in [5.74, 6) is -0.261. The molecule has 3 heteroatoms. The normalized spacial score (nSPS) is 11.3. The quantitative estimate of drug-likeness (QED) is 0.622. The number of aryl methyl sites for hydroxylation is 1. The fraction of sp³-hybridized carbons (Fsp3) is 0.400. The molecule has 1 rings (SSSR count). The largest absolute Gasteiger partial charge is 0.507 e. The smallest absolute Gasteiger partial charge is 0.172 e. The Morgan fingerprint density at radius 3 is 2.56 bits per heavy atom. The molecule has 0 radical (unpaired) electrons. The minimum absolute atomic E-state index is 0.120. The molecular formula is C15H20O3. The molecule has 0 aromatic heterocycles. The van der Waals surface area contributed by atoms with Crippen molar-refractivity contribution in [2.75, 3.05) is 0 Å². The van der Waals surface area contributed by atoms with Crippen molar-refractivity contribution in [3.05, 3.63) is 41.5 Å². The summed E-state index contributed by atoms with van der Waals surface area (Å²) in [6.07, 6.45) is 2.23. The molecule has 0 unspecified atom stereocenters. The van der Waals surface area contributed by atoms with Crippen LogP contribution in [0.5, 0.6) is 5.75 Å². The average Bonchev–Trinajstić information content (AvgIpc) is 2.30. The predicted molar refractivity (Wildman–Crippen MR) is 71.7 cm³/mol. The molecule has 0 spiro atoms. The fourth-order valence-corrected chi connectivity index (χ4v) is 1.97. The number of carbonyl (C=O) groups excluding carboxylic acids is 1. The number of Topliss-reactive ketones (excluding diaryl/α,β-unsaturated/α-hetero) is 1. The Morgan fingerprint density at radius 2 is 2.06 bits per heavy atom. The molecule has 0 fully saturated rings. The zero-order valence-electron chi connectivity index (χ0n) is 11.2. The lowest BCUT2D eigenvalue weighted by Crippen LogP contribution is -2.24. The van der Waals surface area contributed by atoms with Crippen LogP contribution < -0.4 is 0 Å². The highest BCUT2D eigenvalue weighted by Crippen LogP contribution is 2.33. The van der Waals surface area contributed by atoms with E-state index in [1.165, 1.54) is 0 Å². The third kappa shape index (κ3) is 2.79. The fourth-order valence-electron chi connectivity index (χ4n) is 1.97. The molecule has 1 aromatic carbocycles. The van der Waals surface area contributed by atoms with Crippen molar-refractivity contribution in [2.45, 2.75) is 33.8 Å². The van der Waals surface area contributed by atoms with E-state index in [0.29, 0.717) is 12.0 Å². The summed E-state index contributed by atoms with van der Waals surface area (Å²) >= 11 is 0. The number of rotatable bonds is 5. The van der Waals surface area contributed by atoms with Crippen LogP contribution in [0, 0.1) is 12.3 Å².